The van der Waals surface area contributed by atoms with Crippen LogP contribution >= 0.6 is 0 Å². The van der Waals surface area contributed by atoms with Crippen LogP contribution < -0.4 is 0 Å². The quantitative estimate of drug-likeness (QED) is 0.881. The highest BCUT2D eigenvalue weighted by atomic mass is 16.2. The lowest BCUT2D eigenvalue weighted by Gasteiger charge is -2.04. The normalized spacial score (nSPS) is 11.6. The molecule has 0 atom stereocenters. The minimum Gasteiger partial charge on any atom is -0.396 e. The summed E-state index contributed by atoms with van der Waals surface area (Å²) in [6, 6.07) is 6.42. The van der Waals surface area contributed by atoms with Crippen LogP contribution in [0.1, 0.15) is 31.7 Å². The summed E-state index contributed by atoms with van der Waals surface area (Å²) in [5.41, 5.74) is 3.52. The van der Waals surface area contributed by atoms with Crippen molar-refractivity contribution in [3.05, 3.63) is 29.6 Å². The molecule has 0 amide bonds. The van der Waals surface area contributed by atoms with Crippen LogP contribution in [-0.4, -0.2) is 21.3 Å². The number of fused-ring (bicyclic) bond motifs is 1. The van der Waals surface area contributed by atoms with Gasteiger partial charge in [0.15, 0.2) is 0 Å². The molecule has 0 unspecified atom stereocenters. The van der Waals surface area contributed by atoms with E-state index in [1.54, 1.807) is 0 Å². The van der Waals surface area contributed by atoms with Gasteiger partial charge in [0.05, 0.1) is 11.0 Å². The Bertz CT molecular complexity index is 529. The third-order valence-corrected chi connectivity index (χ3v) is 3.25. The standard InChI is InChI=1S/C15H22N2O/c1-11(2)9-15-16-13-10-12(5-4-8-18)6-7-14(13)17(15)3/h6-7,10-11,18H,4-5,8-9H2,1-3H3. The molecule has 3 nitrogen and oxygen atoms in total. The van der Waals surface area contributed by atoms with Gasteiger partial charge in [0.25, 0.3) is 0 Å². The molecule has 0 aliphatic heterocycles. The minimum absolute atomic E-state index is 0.249. The Morgan fingerprint density at radius 2 is 2.11 bits per heavy atom. The van der Waals surface area contributed by atoms with Gasteiger partial charge in [-0.3, -0.25) is 0 Å². The van der Waals surface area contributed by atoms with E-state index in [0.717, 1.165) is 30.6 Å². The summed E-state index contributed by atoms with van der Waals surface area (Å²) in [6.45, 7) is 4.68. The third-order valence-electron chi connectivity index (χ3n) is 3.25. The first kappa shape index (κ1) is 13.1. The van der Waals surface area contributed by atoms with E-state index in [2.05, 4.69) is 43.7 Å². The zero-order chi connectivity index (χ0) is 13.1. The Balaban J connectivity index is 2.32. The lowest BCUT2D eigenvalue weighted by molar-refractivity contribution is 0.288. The molecule has 2 aromatic rings. The molecule has 0 saturated carbocycles. The van der Waals surface area contributed by atoms with E-state index in [-0.39, 0.29) is 6.61 Å². The molecule has 0 spiro atoms. The second-order valence-electron chi connectivity index (χ2n) is 5.34. The summed E-state index contributed by atoms with van der Waals surface area (Å²) < 4.78 is 2.19. The average molecular weight is 246 g/mol. The van der Waals surface area contributed by atoms with E-state index < -0.39 is 0 Å². The van der Waals surface area contributed by atoms with Gasteiger partial charge in [-0.05, 0) is 36.5 Å². The molecule has 1 aromatic heterocycles. The van der Waals surface area contributed by atoms with Gasteiger partial charge in [0.2, 0.25) is 0 Å². The number of aliphatic hydroxyl groups excluding tert-OH is 1. The Labute approximate surface area is 108 Å². The lowest BCUT2D eigenvalue weighted by atomic mass is 10.1. The van der Waals surface area contributed by atoms with Gasteiger partial charge in [0.1, 0.15) is 5.82 Å². The molecular weight excluding hydrogens is 224 g/mol. The number of nitrogens with zero attached hydrogens (tertiary/aromatic N) is 2. The van der Waals surface area contributed by atoms with Crippen LogP contribution in [-0.2, 0) is 19.9 Å². The maximum absolute atomic E-state index is 8.87. The molecule has 0 saturated heterocycles. The predicted octanol–water partition coefficient (Wildman–Crippen LogP) is 2.70. The van der Waals surface area contributed by atoms with Gasteiger partial charge >= 0.3 is 0 Å². The van der Waals surface area contributed by atoms with Crippen molar-refractivity contribution < 1.29 is 5.11 Å². The molecule has 1 N–H and O–H groups in total. The van der Waals surface area contributed by atoms with Crippen molar-refractivity contribution in [3.8, 4) is 0 Å². The number of aryl methyl sites for hydroxylation is 2. The fourth-order valence-corrected chi connectivity index (χ4v) is 2.28. The van der Waals surface area contributed by atoms with Gasteiger partial charge in [0, 0.05) is 20.1 Å². The van der Waals surface area contributed by atoms with Crippen LogP contribution in [0.25, 0.3) is 11.0 Å². The highest BCUT2D eigenvalue weighted by molar-refractivity contribution is 5.76. The van der Waals surface area contributed by atoms with Gasteiger partial charge in [-0.15, -0.1) is 0 Å². The summed E-state index contributed by atoms with van der Waals surface area (Å²) in [5, 5.41) is 8.87. The highest BCUT2D eigenvalue weighted by Crippen LogP contribution is 2.19. The van der Waals surface area contributed by atoms with Gasteiger partial charge in [-0.1, -0.05) is 19.9 Å². The third kappa shape index (κ3) is 2.72. The molecule has 3 heteroatoms. The number of aromatic nitrogens is 2. The van der Waals surface area contributed by atoms with Crippen LogP contribution in [0, 0.1) is 5.92 Å². The molecule has 0 fully saturated rings. The van der Waals surface area contributed by atoms with Crippen molar-refractivity contribution in [3.63, 3.8) is 0 Å². The number of hydrogen-bond acceptors (Lipinski definition) is 2. The number of aliphatic hydroxyl groups is 1. The van der Waals surface area contributed by atoms with Crippen molar-refractivity contribution in [2.45, 2.75) is 33.1 Å². The predicted molar refractivity (Wildman–Crippen MR) is 74.7 cm³/mol. The summed E-state index contributed by atoms with van der Waals surface area (Å²) in [4.78, 5) is 4.72. The van der Waals surface area contributed by atoms with Crippen molar-refractivity contribution in [2.24, 2.45) is 13.0 Å². The summed E-state index contributed by atoms with van der Waals surface area (Å²) in [6.07, 6.45) is 2.75. The van der Waals surface area contributed by atoms with Crippen LogP contribution in [0.2, 0.25) is 0 Å². The van der Waals surface area contributed by atoms with Crippen LogP contribution in [0.5, 0.6) is 0 Å². The molecule has 18 heavy (non-hydrogen) atoms. The van der Waals surface area contributed by atoms with E-state index in [1.165, 1.54) is 11.1 Å². The number of hydrogen-bond donors (Lipinski definition) is 1. The summed E-state index contributed by atoms with van der Waals surface area (Å²) in [7, 11) is 2.08. The smallest absolute Gasteiger partial charge is 0.109 e. The van der Waals surface area contributed by atoms with Crippen LogP contribution in [0.3, 0.4) is 0 Å². The molecule has 1 heterocycles. The van der Waals surface area contributed by atoms with Crippen LogP contribution in [0.15, 0.2) is 18.2 Å². The largest absolute Gasteiger partial charge is 0.396 e. The molecule has 0 aliphatic rings. The van der Waals surface area contributed by atoms with Crippen molar-refractivity contribution >= 4 is 11.0 Å². The molecule has 0 aliphatic carbocycles. The topological polar surface area (TPSA) is 38.1 Å². The van der Waals surface area contributed by atoms with Crippen molar-refractivity contribution in [1.82, 2.24) is 9.55 Å². The molecule has 2 rings (SSSR count). The second-order valence-corrected chi connectivity index (χ2v) is 5.34. The average Bonchev–Trinajstić information content (AvgIpc) is 2.63. The van der Waals surface area contributed by atoms with E-state index >= 15 is 0 Å². The van der Waals surface area contributed by atoms with E-state index in [4.69, 9.17) is 10.1 Å². The number of rotatable bonds is 5. The zero-order valence-corrected chi connectivity index (χ0v) is 11.5. The monoisotopic (exact) mass is 246 g/mol. The van der Waals surface area contributed by atoms with Gasteiger partial charge in [-0.25, -0.2) is 4.98 Å². The summed E-state index contributed by atoms with van der Waals surface area (Å²) in [5.74, 6) is 1.77. The second kappa shape index (κ2) is 5.53. The molecular formula is C15H22N2O. The first-order chi connectivity index (χ1) is 8.61. The van der Waals surface area contributed by atoms with E-state index in [9.17, 15) is 0 Å². The van der Waals surface area contributed by atoms with Gasteiger partial charge in [-0.2, -0.15) is 0 Å². The Hall–Kier alpha value is -1.35. The first-order valence-electron chi connectivity index (χ1n) is 6.67. The fourth-order valence-electron chi connectivity index (χ4n) is 2.28. The molecule has 1 aromatic carbocycles. The first-order valence-corrected chi connectivity index (χ1v) is 6.67. The van der Waals surface area contributed by atoms with Crippen molar-refractivity contribution in [1.29, 1.82) is 0 Å². The van der Waals surface area contributed by atoms with E-state index in [1.807, 2.05) is 0 Å². The number of benzene rings is 1. The Morgan fingerprint density at radius 1 is 1.33 bits per heavy atom. The van der Waals surface area contributed by atoms with Crippen LogP contribution in [0.4, 0.5) is 0 Å². The Kier molecular flexibility index (Phi) is 4.02. The highest BCUT2D eigenvalue weighted by Gasteiger charge is 2.09. The van der Waals surface area contributed by atoms with E-state index in [0.29, 0.717) is 5.92 Å². The molecule has 0 bridgehead atoms. The zero-order valence-electron chi connectivity index (χ0n) is 11.5. The Morgan fingerprint density at radius 3 is 2.78 bits per heavy atom. The maximum atomic E-state index is 8.87. The molecule has 98 valence electrons. The molecule has 0 radical (unpaired) electrons. The maximum Gasteiger partial charge on any atom is 0.109 e. The lowest BCUT2D eigenvalue weighted by Crippen LogP contribution is -2.02. The van der Waals surface area contributed by atoms with Gasteiger partial charge < -0.3 is 9.67 Å². The van der Waals surface area contributed by atoms with Crippen molar-refractivity contribution in [2.75, 3.05) is 6.61 Å². The minimum atomic E-state index is 0.249. The SMILES string of the molecule is CC(C)Cc1nc2cc(CCCO)ccc2n1C. The fraction of sp³-hybridized carbons (Fsp3) is 0.533. The number of imidazole rings is 1. The summed E-state index contributed by atoms with van der Waals surface area (Å²) >= 11 is 0.